The van der Waals surface area contributed by atoms with E-state index >= 15 is 0 Å². The van der Waals surface area contributed by atoms with Gasteiger partial charge in [0.05, 0.1) is 12.7 Å². The van der Waals surface area contributed by atoms with Crippen molar-refractivity contribution in [3.05, 3.63) is 78.4 Å². The number of esters is 1. The van der Waals surface area contributed by atoms with Gasteiger partial charge in [0.1, 0.15) is 11.9 Å². The lowest BCUT2D eigenvalue weighted by atomic mass is 9.75. The maximum atomic E-state index is 13.9. The van der Waals surface area contributed by atoms with Crippen LogP contribution in [0, 0.1) is 17.8 Å². The lowest BCUT2D eigenvalue weighted by Gasteiger charge is -2.36. The molecule has 1 aliphatic carbocycles. The Balaban J connectivity index is 1.69. The van der Waals surface area contributed by atoms with Crippen LogP contribution in [0.2, 0.25) is 0 Å². The van der Waals surface area contributed by atoms with Crippen molar-refractivity contribution in [2.24, 2.45) is 17.8 Å². The zero-order valence-electron chi connectivity index (χ0n) is 21.1. The zero-order chi connectivity index (χ0) is 24.5. The topological polar surface area (TPSA) is 35.5 Å². The molecular formula is C32H34O3. The molecule has 180 valence electrons. The van der Waals surface area contributed by atoms with Crippen LogP contribution in [0.5, 0.6) is 5.75 Å². The molecular weight excluding hydrogens is 432 g/mol. The summed E-state index contributed by atoms with van der Waals surface area (Å²) in [6.07, 6.45) is 3.18. The molecule has 1 aliphatic rings. The second-order valence-corrected chi connectivity index (χ2v) is 10.3. The quantitative estimate of drug-likeness (QED) is 0.278. The molecule has 0 spiro atoms. The van der Waals surface area contributed by atoms with Crippen LogP contribution in [0.25, 0.3) is 32.7 Å². The average Bonchev–Trinajstić information content (AvgIpc) is 2.87. The number of ether oxygens (including phenoxy) is 2. The normalized spacial score (nSPS) is 20.3. The lowest BCUT2D eigenvalue weighted by molar-refractivity contribution is -0.0173. The fourth-order valence-corrected chi connectivity index (χ4v) is 5.84. The molecule has 5 rings (SSSR count). The zero-order valence-corrected chi connectivity index (χ0v) is 21.1. The van der Waals surface area contributed by atoms with Crippen LogP contribution in [-0.2, 0) is 4.74 Å². The van der Waals surface area contributed by atoms with Crippen molar-refractivity contribution >= 4 is 27.5 Å². The molecule has 0 aromatic heterocycles. The Morgan fingerprint density at radius 3 is 2.11 bits per heavy atom. The van der Waals surface area contributed by atoms with Crippen LogP contribution in [-0.4, -0.2) is 19.2 Å². The summed E-state index contributed by atoms with van der Waals surface area (Å²) < 4.78 is 12.2. The van der Waals surface area contributed by atoms with Crippen molar-refractivity contribution in [3.63, 3.8) is 0 Å². The minimum Gasteiger partial charge on any atom is -0.496 e. The predicted molar refractivity (Wildman–Crippen MR) is 144 cm³/mol. The third-order valence-corrected chi connectivity index (χ3v) is 7.73. The molecule has 0 heterocycles. The first-order valence-electron chi connectivity index (χ1n) is 12.8. The van der Waals surface area contributed by atoms with Crippen LogP contribution in [0.4, 0.5) is 0 Å². The van der Waals surface area contributed by atoms with E-state index in [1.807, 2.05) is 42.5 Å². The number of hydrogen-bond acceptors (Lipinski definition) is 3. The van der Waals surface area contributed by atoms with E-state index in [1.165, 1.54) is 6.42 Å². The molecule has 35 heavy (non-hydrogen) atoms. The maximum Gasteiger partial charge on any atom is 0.339 e. The fraction of sp³-hybridized carbons (Fsp3) is 0.344. The highest BCUT2D eigenvalue weighted by Crippen LogP contribution is 2.43. The van der Waals surface area contributed by atoms with Crippen LogP contribution >= 0.6 is 0 Å². The summed E-state index contributed by atoms with van der Waals surface area (Å²) in [6, 6.07) is 24.5. The van der Waals surface area contributed by atoms with Crippen molar-refractivity contribution in [2.45, 2.75) is 46.1 Å². The molecule has 4 aromatic carbocycles. The van der Waals surface area contributed by atoms with Gasteiger partial charge in [-0.15, -0.1) is 0 Å². The summed E-state index contributed by atoms with van der Waals surface area (Å²) in [6.45, 7) is 6.74. The van der Waals surface area contributed by atoms with Crippen molar-refractivity contribution in [2.75, 3.05) is 7.11 Å². The van der Waals surface area contributed by atoms with Crippen LogP contribution in [0.3, 0.4) is 0 Å². The van der Waals surface area contributed by atoms with Gasteiger partial charge >= 0.3 is 5.97 Å². The van der Waals surface area contributed by atoms with Gasteiger partial charge in [0.25, 0.3) is 0 Å². The summed E-state index contributed by atoms with van der Waals surface area (Å²) in [5, 5.41) is 4.27. The Hall–Kier alpha value is -3.33. The molecule has 1 saturated carbocycles. The summed E-state index contributed by atoms with van der Waals surface area (Å²) in [4.78, 5) is 13.9. The van der Waals surface area contributed by atoms with E-state index in [-0.39, 0.29) is 12.1 Å². The van der Waals surface area contributed by atoms with Gasteiger partial charge in [-0.2, -0.15) is 0 Å². The van der Waals surface area contributed by atoms with Crippen molar-refractivity contribution < 1.29 is 14.3 Å². The first kappa shape index (κ1) is 23.4. The number of carbonyl (C=O) groups excluding carboxylic acids is 1. The molecule has 0 saturated heterocycles. The number of benzene rings is 4. The van der Waals surface area contributed by atoms with Crippen molar-refractivity contribution in [3.8, 4) is 16.9 Å². The summed E-state index contributed by atoms with van der Waals surface area (Å²) in [7, 11) is 1.69. The first-order chi connectivity index (χ1) is 17.0. The molecule has 3 heteroatoms. The second-order valence-electron chi connectivity index (χ2n) is 10.3. The number of hydrogen-bond donors (Lipinski definition) is 0. The molecule has 0 unspecified atom stereocenters. The third kappa shape index (κ3) is 4.40. The van der Waals surface area contributed by atoms with Gasteiger partial charge in [0.15, 0.2) is 0 Å². The summed E-state index contributed by atoms with van der Waals surface area (Å²) in [5.41, 5.74) is 2.41. The summed E-state index contributed by atoms with van der Waals surface area (Å²) >= 11 is 0. The monoisotopic (exact) mass is 466 g/mol. The van der Waals surface area contributed by atoms with Gasteiger partial charge in [0, 0.05) is 11.1 Å². The van der Waals surface area contributed by atoms with E-state index in [0.717, 1.165) is 51.3 Å². The highest BCUT2D eigenvalue weighted by Gasteiger charge is 2.34. The molecule has 3 nitrogen and oxygen atoms in total. The minimum absolute atomic E-state index is 0.0556. The van der Waals surface area contributed by atoms with Gasteiger partial charge < -0.3 is 9.47 Å². The molecule has 0 radical (unpaired) electrons. The highest BCUT2D eigenvalue weighted by molar-refractivity contribution is 6.14. The number of fused-ring (bicyclic) bond motifs is 2. The Morgan fingerprint density at radius 2 is 1.46 bits per heavy atom. The van der Waals surface area contributed by atoms with Gasteiger partial charge in [-0.1, -0.05) is 87.9 Å². The number of carbonyl (C=O) groups is 1. The molecule has 0 bridgehead atoms. The predicted octanol–water partition coefficient (Wildman–Crippen LogP) is 8.29. The molecule has 0 N–H and O–H groups in total. The minimum atomic E-state index is -0.245. The molecule has 3 atom stereocenters. The van der Waals surface area contributed by atoms with E-state index in [4.69, 9.17) is 9.47 Å². The summed E-state index contributed by atoms with van der Waals surface area (Å²) in [5.74, 6) is 1.95. The van der Waals surface area contributed by atoms with Gasteiger partial charge in [-0.3, -0.25) is 0 Å². The Bertz CT molecular complexity index is 1370. The highest BCUT2D eigenvalue weighted by atomic mass is 16.5. The smallest absolute Gasteiger partial charge is 0.339 e. The number of rotatable bonds is 5. The van der Waals surface area contributed by atoms with Gasteiger partial charge in [-0.05, 0) is 64.3 Å². The molecule has 1 fully saturated rings. The molecule has 4 aromatic rings. The number of methoxy groups -OCH3 is 1. The van der Waals surface area contributed by atoms with Crippen LogP contribution in [0.1, 0.15) is 50.4 Å². The van der Waals surface area contributed by atoms with Crippen LogP contribution < -0.4 is 4.74 Å². The van der Waals surface area contributed by atoms with E-state index < -0.39 is 0 Å². The van der Waals surface area contributed by atoms with E-state index in [1.54, 1.807) is 7.11 Å². The standard InChI is InChI=1S/C32H34O3/c1-20(2)24-16-13-21(3)19-29(24)35-32(33)27-17-14-22-9-5-7-11-25(22)30(27)31-26-12-8-6-10-23(26)15-18-28(31)34-4/h5-12,14-15,17-18,20-21,24,29H,13,16,19H2,1-4H3/t21-,24+,29-/m1/s1. The van der Waals surface area contributed by atoms with Gasteiger partial charge in [-0.25, -0.2) is 4.79 Å². The first-order valence-corrected chi connectivity index (χ1v) is 12.8. The van der Waals surface area contributed by atoms with E-state index in [2.05, 4.69) is 51.1 Å². The van der Waals surface area contributed by atoms with Crippen molar-refractivity contribution in [1.29, 1.82) is 0 Å². The maximum absolute atomic E-state index is 13.9. The Labute approximate surface area is 208 Å². The largest absolute Gasteiger partial charge is 0.496 e. The Morgan fingerprint density at radius 1 is 0.829 bits per heavy atom. The average molecular weight is 467 g/mol. The SMILES string of the molecule is COc1ccc2ccccc2c1-c1c(C(=O)O[C@@H]2C[C@H](C)CC[C@H]2C(C)C)ccc2ccccc12. The third-order valence-electron chi connectivity index (χ3n) is 7.73. The fourth-order valence-electron chi connectivity index (χ4n) is 5.84. The molecule has 0 amide bonds. The lowest BCUT2D eigenvalue weighted by Crippen LogP contribution is -2.36. The van der Waals surface area contributed by atoms with E-state index in [9.17, 15) is 4.79 Å². The molecule has 0 aliphatic heterocycles. The second kappa shape index (κ2) is 9.73. The van der Waals surface area contributed by atoms with E-state index in [0.29, 0.717) is 23.3 Å². The Kier molecular flexibility index (Phi) is 6.51. The van der Waals surface area contributed by atoms with Crippen molar-refractivity contribution in [1.82, 2.24) is 0 Å². The van der Waals surface area contributed by atoms with Crippen LogP contribution in [0.15, 0.2) is 72.8 Å². The van der Waals surface area contributed by atoms with Gasteiger partial charge in [0.2, 0.25) is 0 Å².